The monoisotopic (exact) mass is 416 g/mol. The molecule has 9 heteroatoms. The lowest BCUT2D eigenvalue weighted by Crippen LogP contribution is -2.27. The number of ether oxygens (including phenoxy) is 1. The van der Waals surface area contributed by atoms with Gasteiger partial charge < -0.3 is 10.1 Å². The van der Waals surface area contributed by atoms with E-state index in [0.717, 1.165) is 4.57 Å². The van der Waals surface area contributed by atoms with E-state index in [1.54, 1.807) is 24.3 Å². The molecule has 0 aliphatic carbocycles. The average Bonchev–Trinajstić information content (AvgIpc) is 2.76. The van der Waals surface area contributed by atoms with Crippen molar-refractivity contribution in [2.45, 2.75) is 6.54 Å². The van der Waals surface area contributed by atoms with Crippen LogP contribution in [0.25, 0.3) is 10.9 Å². The molecule has 0 aliphatic rings. The predicted molar refractivity (Wildman–Crippen MR) is 114 cm³/mol. The summed E-state index contributed by atoms with van der Waals surface area (Å²) in [7, 11) is 0. The normalized spacial score (nSPS) is 10.6. The van der Waals surface area contributed by atoms with Crippen LogP contribution < -0.4 is 15.6 Å². The number of hydrogen-bond acceptors (Lipinski definition) is 6. The molecule has 3 aromatic carbocycles. The van der Waals surface area contributed by atoms with Crippen molar-refractivity contribution in [1.82, 2.24) is 9.55 Å². The highest BCUT2D eigenvalue weighted by Crippen LogP contribution is 2.24. The molecule has 31 heavy (non-hydrogen) atoms. The first-order valence-electron chi connectivity index (χ1n) is 9.26. The van der Waals surface area contributed by atoms with Crippen LogP contribution in [0.1, 0.15) is 0 Å². The number of para-hydroxylation sites is 1. The zero-order valence-corrected chi connectivity index (χ0v) is 16.1. The lowest BCUT2D eigenvalue weighted by Gasteiger charge is -2.10. The summed E-state index contributed by atoms with van der Waals surface area (Å²) < 4.78 is 6.89. The number of amides is 1. The molecule has 154 valence electrons. The van der Waals surface area contributed by atoms with Crippen LogP contribution in [0.5, 0.6) is 11.5 Å². The Morgan fingerprint density at radius 2 is 1.81 bits per heavy atom. The topological polar surface area (TPSA) is 116 Å². The number of carbonyl (C=O) groups excluding carboxylic acids is 1. The number of nitro benzene ring substituents is 1. The number of non-ortho nitro benzene ring substituents is 1. The van der Waals surface area contributed by atoms with E-state index < -0.39 is 16.4 Å². The molecule has 4 rings (SSSR count). The Bertz CT molecular complexity index is 1330. The van der Waals surface area contributed by atoms with E-state index in [1.165, 1.54) is 24.5 Å². The second kappa shape index (κ2) is 8.46. The summed E-state index contributed by atoms with van der Waals surface area (Å²) >= 11 is 0. The number of fused-ring (bicyclic) bond motifs is 1. The molecule has 1 N–H and O–H groups in total. The highest BCUT2D eigenvalue weighted by molar-refractivity contribution is 5.91. The molecule has 0 radical (unpaired) electrons. The summed E-state index contributed by atoms with van der Waals surface area (Å²) in [5, 5.41) is 13.8. The molecule has 1 amide bonds. The molecule has 9 nitrogen and oxygen atoms in total. The zero-order valence-electron chi connectivity index (χ0n) is 16.1. The van der Waals surface area contributed by atoms with Gasteiger partial charge >= 0.3 is 0 Å². The van der Waals surface area contributed by atoms with E-state index in [9.17, 15) is 19.7 Å². The fourth-order valence-corrected chi connectivity index (χ4v) is 2.99. The Hall–Kier alpha value is -4.53. The van der Waals surface area contributed by atoms with Gasteiger partial charge in [-0.15, -0.1) is 0 Å². The Labute approximate surface area is 175 Å². The van der Waals surface area contributed by atoms with Crippen LogP contribution >= 0.6 is 0 Å². The summed E-state index contributed by atoms with van der Waals surface area (Å²) in [6.45, 7) is -0.261. The number of nitrogens with one attached hydrogen (secondary N) is 1. The number of aromatic nitrogens is 2. The number of rotatable bonds is 6. The molecular weight excluding hydrogens is 400 g/mol. The maximum Gasteiger partial charge on any atom is 0.271 e. The van der Waals surface area contributed by atoms with E-state index in [4.69, 9.17) is 4.74 Å². The smallest absolute Gasteiger partial charge is 0.271 e. The number of nitrogens with zero attached hydrogens (tertiary/aromatic N) is 3. The Morgan fingerprint density at radius 3 is 2.58 bits per heavy atom. The third-order valence-corrected chi connectivity index (χ3v) is 4.43. The van der Waals surface area contributed by atoms with Crippen LogP contribution in [0.3, 0.4) is 0 Å². The van der Waals surface area contributed by atoms with Gasteiger partial charge in [0.15, 0.2) is 0 Å². The second-order valence-corrected chi connectivity index (χ2v) is 6.63. The van der Waals surface area contributed by atoms with Crippen LogP contribution in [0, 0.1) is 10.1 Å². The molecule has 4 aromatic rings. The number of nitro groups is 1. The first kappa shape index (κ1) is 19.8. The summed E-state index contributed by atoms with van der Waals surface area (Å²) in [5.41, 5.74) is 0.0844. The van der Waals surface area contributed by atoms with Crippen molar-refractivity contribution in [2.24, 2.45) is 0 Å². The van der Waals surface area contributed by atoms with Crippen molar-refractivity contribution in [3.8, 4) is 11.5 Å². The third kappa shape index (κ3) is 4.56. The van der Waals surface area contributed by atoms with Gasteiger partial charge in [0.25, 0.3) is 11.2 Å². The Morgan fingerprint density at radius 1 is 1.03 bits per heavy atom. The van der Waals surface area contributed by atoms with E-state index >= 15 is 0 Å². The van der Waals surface area contributed by atoms with Gasteiger partial charge in [0.05, 0.1) is 22.2 Å². The van der Waals surface area contributed by atoms with Crippen LogP contribution in [-0.4, -0.2) is 20.4 Å². The van der Waals surface area contributed by atoms with Gasteiger partial charge in [-0.05, 0) is 30.3 Å². The van der Waals surface area contributed by atoms with E-state index in [0.29, 0.717) is 17.2 Å². The molecule has 0 aliphatic heterocycles. The van der Waals surface area contributed by atoms with Crippen molar-refractivity contribution in [2.75, 3.05) is 5.32 Å². The minimum Gasteiger partial charge on any atom is -0.457 e. The fraction of sp³-hybridized carbons (Fsp3) is 0.0455. The Kier molecular flexibility index (Phi) is 5.39. The van der Waals surface area contributed by atoms with Gasteiger partial charge in [0.2, 0.25) is 5.91 Å². The molecule has 0 spiro atoms. The number of anilines is 1. The molecule has 0 bridgehead atoms. The van der Waals surface area contributed by atoms with Crippen molar-refractivity contribution in [3.05, 3.63) is 99.6 Å². The highest BCUT2D eigenvalue weighted by Gasteiger charge is 2.12. The van der Waals surface area contributed by atoms with Crippen LogP contribution in [0.2, 0.25) is 0 Å². The molecule has 1 heterocycles. The highest BCUT2D eigenvalue weighted by atomic mass is 16.6. The zero-order chi connectivity index (χ0) is 21.8. The molecule has 0 fully saturated rings. The number of hydrogen-bond donors (Lipinski definition) is 1. The van der Waals surface area contributed by atoms with E-state index in [-0.39, 0.29) is 23.1 Å². The van der Waals surface area contributed by atoms with Crippen LogP contribution in [0.15, 0.2) is 83.9 Å². The molecular formula is C22H16N4O5. The molecule has 0 unspecified atom stereocenters. The largest absolute Gasteiger partial charge is 0.457 e. The van der Waals surface area contributed by atoms with E-state index in [1.807, 2.05) is 30.3 Å². The van der Waals surface area contributed by atoms with Crippen molar-refractivity contribution >= 4 is 28.2 Å². The van der Waals surface area contributed by atoms with Crippen molar-refractivity contribution < 1.29 is 14.5 Å². The summed E-state index contributed by atoms with van der Waals surface area (Å²) in [4.78, 5) is 39.4. The first-order valence-corrected chi connectivity index (χ1v) is 9.26. The van der Waals surface area contributed by atoms with Crippen LogP contribution in [0.4, 0.5) is 11.4 Å². The van der Waals surface area contributed by atoms with Crippen LogP contribution in [-0.2, 0) is 11.3 Å². The van der Waals surface area contributed by atoms with Crippen molar-refractivity contribution in [1.29, 1.82) is 0 Å². The second-order valence-electron chi connectivity index (χ2n) is 6.63. The molecule has 1 aromatic heterocycles. The summed E-state index contributed by atoms with van der Waals surface area (Å²) in [6.07, 6.45) is 1.20. The number of carbonyl (C=O) groups is 1. The molecule has 0 saturated carbocycles. The summed E-state index contributed by atoms with van der Waals surface area (Å²) in [6, 6.07) is 19.9. The third-order valence-electron chi connectivity index (χ3n) is 4.43. The SMILES string of the molecule is O=C(Cn1cnc2cc([N+](=O)[O-])ccc2c1=O)Nc1cccc(Oc2ccccc2)c1. The average molecular weight is 416 g/mol. The lowest BCUT2D eigenvalue weighted by molar-refractivity contribution is -0.384. The fourth-order valence-electron chi connectivity index (χ4n) is 2.99. The van der Waals surface area contributed by atoms with Gasteiger partial charge in [0, 0.05) is 23.9 Å². The van der Waals surface area contributed by atoms with Crippen molar-refractivity contribution in [3.63, 3.8) is 0 Å². The summed E-state index contributed by atoms with van der Waals surface area (Å²) in [5.74, 6) is 0.789. The van der Waals surface area contributed by atoms with Gasteiger partial charge in [-0.2, -0.15) is 0 Å². The maximum atomic E-state index is 12.6. The maximum absolute atomic E-state index is 12.6. The van der Waals surface area contributed by atoms with Gasteiger partial charge in [0.1, 0.15) is 18.0 Å². The van der Waals surface area contributed by atoms with Gasteiger partial charge in [-0.1, -0.05) is 24.3 Å². The van der Waals surface area contributed by atoms with Gasteiger partial charge in [-0.3, -0.25) is 24.3 Å². The minimum atomic E-state index is -0.560. The van der Waals surface area contributed by atoms with Gasteiger partial charge in [-0.25, -0.2) is 4.98 Å². The minimum absolute atomic E-state index is 0.160. The molecule has 0 saturated heterocycles. The Balaban J connectivity index is 1.49. The number of benzene rings is 3. The lowest BCUT2D eigenvalue weighted by atomic mass is 10.2. The standard InChI is InChI=1S/C22H16N4O5/c27-21(24-15-5-4-8-18(11-15)31-17-6-2-1-3-7-17)13-25-14-23-20-12-16(26(29)30)9-10-19(20)22(25)28/h1-12,14H,13H2,(H,24,27). The predicted octanol–water partition coefficient (Wildman–Crippen LogP) is 3.74. The molecule has 0 atom stereocenters. The quantitative estimate of drug-likeness (QED) is 0.378. The first-order chi connectivity index (χ1) is 15.0. The van der Waals surface area contributed by atoms with E-state index in [2.05, 4.69) is 10.3 Å².